The minimum Gasteiger partial charge on any atom is -0.368 e. The lowest BCUT2D eigenvalue weighted by atomic mass is 9.75. The first-order valence-corrected chi connectivity index (χ1v) is 12.3. The van der Waals surface area contributed by atoms with Gasteiger partial charge in [-0.25, -0.2) is 4.68 Å². The van der Waals surface area contributed by atoms with E-state index in [0.29, 0.717) is 18.0 Å². The largest absolute Gasteiger partial charge is 0.368 e. The van der Waals surface area contributed by atoms with Crippen LogP contribution in [0.15, 0.2) is 18.2 Å². The molecule has 7 heteroatoms. The number of piperazine rings is 1. The topological polar surface area (TPSA) is 84.5 Å². The maximum Gasteiger partial charge on any atom is 0.250 e. The number of hydrogen-bond donors (Lipinski definition) is 1. The van der Waals surface area contributed by atoms with Gasteiger partial charge in [0.1, 0.15) is 0 Å². The number of ketones is 1. The zero-order valence-corrected chi connectivity index (χ0v) is 20.1. The summed E-state index contributed by atoms with van der Waals surface area (Å²) in [4.78, 5) is 30.0. The first-order chi connectivity index (χ1) is 15.7. The van der Waals surface area contributed by atoms with Crippen LogP contribution < -0.4 is 10.6 Å². The van der Waals surface area contributed by atoms with Crippen LogP contribution in [-0.2, 0) is 6.42 Å². The quantitative estimate of drug-likeness (QED) is 0.772. The third-order valence-corrected chi connectivity index (χ3v) is 7.71. The number of carbonyl (C=O) groups excluding carboxylic acids is 2. The van der Waals surface area contributed by atoms with E-state index in [1.807, 2.05) is 29.8 Å². The van der Waals surface area contributed by atoms with Gasteiger partial charge in [-0.05, 0) is 49.8 Å². The Bertz CT molecular complexity index is 1090. The van der Waals surface area contributed by atoms with E-state index in [1.165, 1.54) is 25.7 Å². The van der Waals surface area contributed by atoms with Gasteiger partial charge in [0.05, 0.1) is 33.9 Å². The number of amides is 1. The highest BCUT2D eigenvalue weighted by atomic mass is 16.1. The van der Waals surface area contributed by atoms with Gasteiger partial charge in [-0.15, -0.1) is 0 Å². The lowest BCUT2D eigenvalue weighted by Gasteiger charge is -2.39. The van der Waals surface area contributed by atoms with Gasteiger partial charge in [0, 0.05) is 38.6 Å². The number of anilines is 1. The van der Waals surface area contributed by atoms with Crippen LogP contribution in [0, 0.1) is 12.3 Å². The van der Waals surface area contributed by atoms with Crippen molar-refractivity contribution in [1.29, 1.82) is 0 Å². The Morgan fingerprint density at radius 1 is 1.09 bits per heavy atom. The van der Waals surface area contributed by atoms with Crippen molar-refractivity contribution in [1.82, 2.24) is 14.7 Å². The predicted octanol–water partition coefficient (Wildman–Crippen LogP) is 3.50. The zero-order chi connectivity index (χ0) is 23.3. The van der Waals surface area contributed by atoms with Gasteiger partial charge in [-0.1, -0.05) is 26.7 Å². The number of nitrogens with two attached hydrogens (primary N) is 1. The summed E-state index contributed by atoms with van der Waals surface area (Å²) >= 11 is 0. The van der Waals surface area contributed by atoms with Crippen LogP contribution in [0.1, 0.15) is 78.1 Å². The first kappa shape index (κ1) is 22.1. The van der Waals surface area contributed by atoms with Gasteiger partial charge in [0.15, 0.2) is 5.78 Å². The second-order valence-corrected chi connectivity index (χ2v) is 10.8. The number of nitrogens with zero attached hydrogens (tertiary/aromatic N) is 4. The molecule has 5 rings (SSSR count). The summed E-state index contributed by atoms with van der Waals surface area (Å²) in [5, 5.41) is 4.76. The highest BCUT2D eigenvalue weighted by Gasteiger charge is 2.36. The molecule has 2 N–H and O–H groups in total. The molecule has 0 spiro atoms. The van der Waals surface area contributed by atoms with E-state index in [-0.39, 0.29) is 11.2 Å². The average Bonchev–Trinajstić information content (AvgIpc) is 3.41. The number of carbonyl (C=O) groups is 2. The summed E-state index contributed by atoms with van der Waals surface area (Å²) in [5.41, 5.74) is 10.5. The van der Waals surface area contributed by atoms with Crippen molar-refractivity contribution in [2.75, 3.05) is 31.1 Å². The Kier molecular flexibility index (Phi) is 5.55. The second-order valence-electron chi connectivity index (χ2n) is 10.8. The molecule has 2 heterocycles. The van der Waals surface area contributed by atoms with E-state index in [4.69, 9.17) is 10.8 Å². The molecule has 0 bridgehead atoms. The van der Waals surface area contributed by atoms with Crippen molar-refractivity contribution < 1.29 is 9.59 Å². The molecule has 176 valence electrons. The summed E-state index contributed by atoms with van der Waals surface area (Å²) in [6, 6.07) is 6.46. The molecule has 1 saturated heterocycles. The first-order valence-electron chi connectivity index (χ1n) is 12.3. The minimum atomic E-state index is -0.412. The van der Waals surface area contributed by atoms with Crippen molar-refractivity contribution in [2.45, 2.75) is 65.3 Å². The number of hydrogen-bond acceptors (Lipinski definition) is 5. The highest BCUT2D eigenvalue weighted by Crippen LogP contribution is 2.37. The van der Waals surface area contributed by atoms with E-state index in [9.17, 15) is 9.59 Å². The Labute approximate surface area is 195 Å². The van der Waals surface area contributed by atoms with Crippen LogP contribution in [0.4, 0.5) is 5.69 Å². The molecule has 1 saturated carbocycles. The van der Waals surface area contributed by atoms with Crippen molar-refractivity contribution in [3.05, 3.63) is 40.7 Å². The van der Waals surface area contributed by atoms with Gasteiger partial charge in [0.25, 0.3) is 5.91 Å². The molecular formula is C26H35N5O2. The lowest BCUT2D eigenvalue weighted by molar-refractivity contribution is 0.0909. The summed E-state index contributed by atoms with van der Waals surface area (Å²) < 4.78 is 1.91. The van der Waals surface area contributed by atoms with Crippen LogP contribution in [0.3, 0.4) is 0 Å². The molecule has 1 aliphatic heterocycles. The van der Waals surface area contributed by atoms with Crippen molar-refractivity contribution in [3.8, 4) is 5.69 Å². The molecular weight excluding hydrogens is 414 g/mol. The zero-order valence-electron chi connectivity index (χ0n) is 20.1. The standard InChI is InChI=1S/C26H35N5O2/c1-17-24-22(15-26(2,3)16-23(24)32)31(28-17)19-8-9-20(25(27)33)21(14-19)30-12-10-29(11-13-30)18-6-4-5-7-18/h8-9,14,18H,4-7,10-13,15-16H2,1-3H3,(H2,27,33). The number of benzene rings is 1. The van der Waals surface area contributed by atoms with Gasteiger partial charge in [0.2, 0.25) is 0 Å². The van der Waals surface area contributed by atoms with Gasteiger partial charge in [-0.3, -0.25) is 14.5 Å². The molecule has 0 unspecified atom stereocenters. The number of aromatic nitrogens is 2. The van der Waals surface area contributed by atoms with E-state index >= 15 is 0 Å². The monoisotopic (exact) mass is 449 g/mol. The van der Waals surface area contributed by atoms with E-state index in [1.54, 1.807) is 0 Å². The lowest BCUT2D eigenvalue weighted by Crippen LogP contribution is -2.50. The minimum absolute atomic E-state index is 0.0964. The Morgan fingerprint density at radius 3 is 2.45 bits per heavy atom. The number of fused-ring (bicyclic) bond motifs is 1. The van der Waals surface area contributed by atoms with Crippen LogP contribution in [0.25, 0.3) is 5.69 Å². The fourth-order valence-corrected chi connectivity index (χ4v) is 6.07. The number of primary amides is 1. The number of rotatable bonds is 4. The second kappa shape index (κ2) is 8.28. The van der Waals surface area contributed by atoms with E-state index < -0.39 is 5.91 Å². The molecule has 33 heavy (non-hydrogen) atoms. The third kappa shape index (κ3) is 4.07. The maximum atomic E-state index is 12.8. The predicted molar refractivity (Wildman–Crippen MR) is 129 cm³/mol. The van der Waals surface area contributed by atoms with Gasteiger partial charge in [-0.2, -0.15) is 5.10 Å². The summed E-state index contributed by atoms with van der Waals surface area (Å²) in [6.45, 7) is 9.94. The maximum absolute atomic E-state index is 12.8. The summed E-state index contributed by atoms with van der Waals surface area (Å²) in [7, 11) is 0. The van der Waals surface area contributed by atoms with Crippen LogP contribution >= 0.6 is 0 Å². The van der Waals surface area contributed by atoms with E-state index in [2.05, 4.69) is 23.6 Å². The molecule has 1 aromatic heterocycles. The molecule has 1 aromatic carbocycles. The van der Waals surface area contributed by atoms with Crippen molar-refractivity contribution >= 4 is 17.4 Å². The fourth-order valence-electron chi connectivity index (χ4n) is 6.07. The summed E-state index contributed by atoms with van der Waals surface area (Å²) in [6.07, 6.45) is 6.63. The molecule has 3 aliphatic rings. The SMILES string of the molecule is Cc1nn(-c2ccc(C(N)=O)c(N3CCN(C4CCCC4)CC3)c2)c2c1C(=O)CC(C)(C)C2. The third-order valence-electron chi connectivity index (χ3n) is 7.71. The summed E-state index contributed by atoms with van der Waals surface area (Å²) in [5.74, 6) is -0.244. The molecule has 7 nitrogen and oxygen atoms in total. The molecule has 0 atom stereocenters. The molecule has 2 aliphatic carbocycles. The Morgan fingerprint density at radius 2 is 1.79 bits per heavy atom. The molecule has 2 aromatic rings. The van der Waals surface area contributed by atoms with Gasteiger partial charge >= 0.3 is 0 Å². The van der Waals surface area contributed by atoms with Crippen LogP contribution in [-0.4, -0.2) is 58.6 Å². The molecule has 2 fully saturated rings. The number of aryl methyl sites for hydroxylation is 1. The average molecular weight is 450 g/mol. The Hall–Kier alpha value is -2.67. The van der Waals surface area contributed by atoms with Crippen molar-refractivity contribution in [3.63, 3.8) is 0 Å². The molecule has 1 amide bonds. The van der Waals surface area contributed by atoms with Crippen LogP contribution in [0.5, 0.6) is 0 Å². The van der Waals surface area contributed by atoms with E-state index in [0.717, 1.165) is 60.9 Å². The van der Waals surface area contributed by atoms with Crippen LogP contribution in [0.2, 0.25) is 0 Å². The molecule has 0 radical (unpaired) electrons. The fraction of sp³-hybridized carbons (Fsp3) is 0.577. The highest BCUT2D eigenvalue weighted by molar-refractivity contribution is 6.00. The Balaban J connectivity index is 1.48. The van der Waals surface area contributed by atoms with Crippen molar-refractivity contribution in [2.24, 2.45) is 11.1 Å². The van der Waals surface area contributed by atoms with Gasteiger partial charge < -0.3 is 10.6 Å². The normalized spacial score (nSPS) is 21.4. The number of Topliss-reactive ketones (excluding diaryl/α,β-unsaturated/α-hetero) is 1. The smallest absolute Gasteiger partial charge is 0.250 e.